The Bertz CT molecular complexity index is 803. The molecule has 0 radical (unpaired) electrons. The molecule has 122 valence electrons. The van der Waals surface area contributed by atoms with Crippen LogP contribution in [0.25, 0.3) is 22.3 Å². The first-order chi connectivity index (χ1) is 11.8. The SMILES string of the molecule is CN1CCC(n2cc(-c3cncc(-c4ccncc4)c3)cn2)CC1. The van der Waals surface area contributed by atoms with Crippen LogP contribution in [-0.4, -0.2) is 44.8 Å². The molecule has 0 bridgehead atoms. The quantitative estimate of drug-likeness (QED) is 0.743. The molecule has 0 amide bonds. The molecule has 0 spiro atoms. The molecule has 4 heterocycles. The average Bonchev–Trinajstić information content (AvgIpc) is 3.13. The predicted octanol–water partition coefficient (Wildman–Crippen LogP) is 3.27. The molecule has 1 fully saturated rings. The Morgan fingerprint density at radius 1 is 0.875 bits per heavy atom. The van der Waals surface area contributed by atoms with Gasteiger partial charge in [-0.2, -0.15) is 5.10 Å². The highest BCUT2D eigenvalue weighted by atomic mass is 15.3. The Morgan fingerprint density at radius 2 is 1.58 bits per heavy atom. The van der Waals surface area contributed by atoms with Gasteiger partial charge in [0.25, 0.3) is 0 Å². The zero-order chi connectivity index (χ0) is 16.4. The lowest BCUT2D eigenvalue weighted by atomic mass is 10.0. The van der Waals surface area contributed by atoms with Crippen molar-refractivity contribution in [3.05, 3.63) is 55.4 Å². The van der Waals surface area contributed by atoms with E-state index in [1.807, 2.05) is 30.7 Å². The van der Waals surface area contributed by atoms with E-state index in [-0.39, 0.29) is 0 Å². The molecule has 0 saturated carbocycles. The Hall–Kier alpha value is -2.53. The zero-order valence-corrected chi connectivity index (χ0v) is 13.8. The van der Waals surface area contributed by atoms with Gasteiger partial charge in [-0.25, -0.2) is 0 Å². The van der Waals surface area contributed by atoms with Crippen LogP contribution in [-0.2, 0) is 0 Å². The van der Waals surface area contributed by atoms with E-state index in [4.69, 9.17) is 0 Å². The minimum absolute atomic E-state index is 0.506. The van der Waals surface area contributed by atoms with E-state index < -0.39 is 0 Å². The van der Waals surface area contributed by atoms with E-state index in [1.165, 1.54) is 0 Å². The smallest absolute Gasteiger partial charge is 0.0569 e. The van der Waals surface area contributed by atoms with Crippen molar-refractivity contribution in [1.29, 1.82) is 0 Å². The van der Waals surface area contributed by atoms with Crippen LogP contribution in [0.1, 0.15) is 18.9 Å². The number of aromatic nitrogens is 4. The van der Waals surface area contributed by atoms with Crippen molar-refractivity contribution in [2.45, 2.75) is 18.9 Å². The molecule has 24 heavy (non-hydrogen) atoms. The molecule has 0 aromatic carbocycles. The molecule has 1 aliphatic heterocycles. The fourth-order valence-corrected chi connectivity index (χ4v) is 3.25. The van der Waals surface area contributed by atoms with Gasteiger partial charge in [0.1, 0.15) is 0 Å². The summed E-state index contributed by atoms with van der Waals surface area (Å²) < 4.78 is 2.13. The standard InChI is InChI=1S/C19H21N5/c1-23-8-4-19(5-9-23)24-14-18(13-22-24)17-10-16(11-21-12-17)15-2-6-20-7-3-15/h2-3,6-7,10-14,19H,4-5,8-9H2,1H3. The lowest BCUT2D eigenvalue weighted by Crippen LogP contribution is -2.31. The molecule has 5 nitrogen and oxygen atoms in total. The number of nitrogens with zero attached hydrogens (tertiary/aromatic N) is 5. The van der Waals surface area contributed by atoms with E-state index in [1.54, 1.807) is 12.4 Å². The van der Waals surface area contributed by atoms with Crippen LogP contribution in [0, 0.1) is 0 Å². The van der Waals surface area contributed by atoms with Gasteiger partial charge in [-0.05, 0) is 56.7 Å². The van der Waals surface area contributed by atoms with Gasteiger partial charge in [-0.15, -0.1) is 0 Å². The maximum atomic E-state index is 4.60. The van der Waals surface area contributed by atoms with E-state index in [0.717, 1.165) is 48.2 Å². The zero-order valence-electron chi connectivity index (χ0n) is 13.8. The van der Waals surface area contributed by atoms with Gasteiger partial charge in [0.2, 0.25) is 0 Å². The Morgan fingerprint density at radius 3 is 2.33 bits per heavy atom. The highest BCUT2D eigenvalue weighted by molar-refractivity contribution is 5.70. The second kappa shape index (κ2) is 6.53. The summed E-state index contributed by atoms with van der Waals surface area (Å²) >= 11 is 0. The van der Waals surface area contributed by atoms with E-state index in [0.29, 0.717) is 6.04 Å². The largest absolute Gasteiger partial charge is 0.306 e. The van der Waals surface area contributed by atoms with E-state index in [2.05, 4.69) is 44.0 Å². The predicted molar refractivity (Wildman–Crippen MR) is 94.5 cm³/mol. The van der Waals surface area contributed by atoms with E-state index in [9.17, 15) is 0 Å². The first-order valence-electron chi connectivity index (χ1n) is 8.38. The van der Waals surface area contributed by atoms with Gasteiger partial charge in [-0.1, -0.05) is 0 Å². The summed E-state index contributed by atoms with van der Waals surface area (Å²) in [5.74, 6) is 0. The first-order valence-corrected chi connectivity index (χ1v) is 8.38. The Kier molecular flexibility index (Phi) is 4.09. The molecule has 1 saturated heterocycles. The molecule has 3 aromatic rings. The maximum Gasteiger partial charge on any atom is 0.0569 e. The minimum atomic E-state index is 0.506. The lowest BCUT2D eigenvalue weighted by molar-refractivity contribution is 0.212. The van der Waals surface area contributed by atoms with Crippen molar-refractivity contribution in [2.24, 2.45) is 0 Å². The van der Waals surface area contributed by atoms with Gasteiger partial charge < -0.3 is 4.90 Å². The number of pyridine rings is 2. The average molecular weight is 319 g/mol. The summed E-state index contributed by atoms with van der Waals surface area (Å²) in [4.78, 5) is 10.9. The second-order valence-electron chi connectivity index (χ2n) is 6.44. The van der Waals surface area contributed by atoms with Crippen molar-refractivity contribution in [2.75, 3.05) is 20.1 Å². The molecule has 1 aliphatic rings. The number of likely N-dealkylation sites (tertiary alicyclic amines) is 1. The minimum Gasteiger partial charge on any atom is -0.306 e. The fraction of sp³-hybridized carbons (Fsp3) is 0.316. The van der Waals surface area contributed by atoms with Gasteiger partial charge >= 0.3 is 0 Å². The van der Waals surface area contributed by atoms with Gasteiger partial charge in [0, 0.05) is 47.7 Å². The maximum absolute atomic E-state index is 4.60. The molecule has 3 aromatic heterocycles. The van der Waals surface area contributed by atoms with Crippen LogP contribution in [0.15, 0.2) is 55.4 Å². The topological polar surface area (TPSA) is 46.8 Å². The summed E-state index contributed by atoms with van der Waals surface area (Å²) in [5.41, 5.74) is 4.45. The van der Waals surface area contributed by atoms with Crippen molar-refractivity contribution in [1.82, 2.24) is 24.6 Å². The van der Waals surface area contributed by atoms with Crippen LogP contribution in [0.5, 0.6) is 0 Å². The number of hydrogen-bond acceptors (Lipinski definition) is 4. The van der Waals surface area contributed by atoms with Crippen LogP contribution in [0.2, 0.25) is 0 Å². The summed E-state index contributed by atoms with van der Waals surface area (Å²) in [7, 11) is 2.18. The van der Waals surface area contributed by atoms with Crippen molar-refractivity contribution in [3.8, 4) is 22.3 Å². The molecule has 4 rings (SSSR count). The number of piperidine rings is 1. The van der Waals surface area contributed by atoms with Crippen molar-refractivity contribution >= 4 is 0 Å². The Labute approximate surface area is 142 Å². The third-order valence-corrected chi connectivity index (χ3v) is 4.75. The van der Waals surface area contributed by atoms with Crippen molar-refractivity contribution in [3.63, 3.8) is 0 Å². The van der Waals surface area contributed by atoms with Crippen LogP contribution in [0.3, 0.4) is 0 Å². The Balaban J connectivity index is 1.59. The lowest BCUT2D eigenvalue weighted by Gasteiger charge is -2.28. The van der Waals surface area contributed by atoms with Gasteiger partial charge in [-0.3, -0.25) is 14.6 Å². The molecule has 0 unspecified atom stereocenters. The highest BCUT2D eigenvalue weighted by Crippen LogP contribution is 2.27. The summed E-state index contributed by atoms with van der Waals surface area (Å²) in [6.07, 6.45) is 13.8. The first kappa shape index (κ1) is 15.0. The van der Waals surface area contributed by atoms with Crippen LogP contribution >= 0.6 is 0 Å². The number of rotatable bonds is 3. The fourth-order valence-electron chi connectivity index (χ4n) is 3.25. The summed E-state index contributed by atoms with van der Waals surface area (Å²) in [6.45, 7) is 2.28. The summed E-state index contributed by atoms with van der Waals surface area (Å²) in [5, 5.41) is 4.60. The third kappa shape index (κ3) is 3.08. The summed E-state index contributed by atoms with van der Waals surface area (Å²) in [6, 6.07) is 6.68. The molecule has 5 heteroatoms. The monoisotopic (exact) mass is 319 g/mol. The molecule has 0 aliphatic carbocycles. The number of hydrogen-bond donors (Lipinski definition) is 0. The second-order valence-corrected chi connectivity index (χ2v) is 6.44. The molecule has 0 atom stereocenters. The van der Waals surface area contributed by atoms with Gasteiger partial charge in [0.15, 0.2) is 0 Å². The van der Waals surface area contributed by atoms with Crippen molar-refractivity contribution < 1.29 is 0 Å². The van der Waals surface area contributed by atoms with Crippen LogP contribution in [0.4, 0.5) is 0 Å². The highest BCUT2D eigenvalue weighted by Gasteiger charge is 2.19. The normalized spacial score (nSPS) is 16.4. The molecular formula is C19H21N5. The third-order valence-electron chi connectivity index (χ3n) is 4.75. The van der Waals surface area contributed by atoms with Gasteiger partial charge in [0.05, 0.1) is 12.2 Å². The van der Waals surface area contributed by atoms with Crippen LogP contribution < -0.4 is 0 Å². The van der Waals surface area contributed by atoms with E-state index >= 15 is 0 Å². The molecule has 0 N–H and O–H groups in total. The molecular weight excluding hydrogens is 298 g/mol.